The largest absolute Gasteiger partial charge is 0.327 e. The molecule has 0 bridgehead atoms. The molecule has 0 fully saturated rings. The quantitative estimate of drug-likeness (QED) is 0.871. The van der Waals surface area contributed by atoms with Crippen LogP contribution in [0.2, 0.25) is 10.0 Å². The maximum Gasteiger partial charge on any atom is 0.0408 e. The Balaban J connectivity index is 2.23. The van der Waals surface area contributed by atoms with Crippen LogP contribution < -0.4 is 5.73 Å². The van der Waals surface area contributed by atoms with Crippen LogP contribution >= 0.6 is 23.2 Å². The second-order valence-corrected chi connectivity index (χ2v) is 5.72. The molecule has 0 spiro atoms. The Morgan fingerprint density at radius 1 is 1.00 bits per heavy atom. The third-order valence-corrected chi connectivity index (χ3v) is 3.77. The predicted molar refractivity (Wildman–Crippen MR) is 83.0 cm³/mol. The van der Waals surface area contributed by atoms with Crippen LogP contribution in [0, 0.1) is 0 Å². The van der Waals surface area contributed by atoms with E-state index in [1.807, 2.05) is 49.4 Å². The summed E-state index contributed by atoms with van der Waals surface area (Å²) in [6.07, 6.45) is 0.884. The molecule has 3 heteroatoms. The van der Waals surface area contributed by atoms with E-state index in [1.54, 1.807) is 0 Å². The lowest BCUT2D eigenvalue weighted by Gasteiger charge is -2.21. The van der Waals surface area contributed by atoms with Gasteiger partial charge in [0.2, 0.25) is 0 Å². The number of hydrogen-bond donors (Lipinski definition) is 1. The van der Waals surface area contributed by atoms with Crippen LogP contribution in [-0.4, -0.2) is 6.04 Å². The summed E-state index contributed by atoms with van der Waals surface area (Å²) < 4.78 is 0. The van der Waals surface area contributed by atoms with Gasteiger partial charge in [0, 0.05) is 22.0 Å². The van der Waals surface area contributed by atoms with E-state index in [2.05, 4.69) is 6.07 Å². The molecule has 100 valence electrons. The van der Waals surface area contributed by atoms with Crippen molar-refractivity contribution in [1.82, 2.24) is 0 Å². The van der Waals surface area contributed by atoms with Gasteiger partial charge in [-0.05, 0) is 48.7 Å². The minimum atomic E-state index is 0.0640. The van der Waals surface area contributed by atoms with Crippen molar-refractivity contribution >= 4 is 23.2 Å². The third-order valence-electron chi connectivity index (χ3n) is 3.28. The van der Waals surface area contributed by atoms with E-state index in [0.29, 0.717) is 0 Å². The Kier molecular flexibility index (Phi) is 4.87. The second-order valence-electron chi connectivity index (χ2n) is 4.85. The fraction of sp³-hybridized carbons (Fsp3) is 0.250. The molecule has 2 atom stereocenters. The van der Waals surface area contributed by atoms with E-state index >= 15 is 0 Å². The minimum absolute atomic E-state index is 0.0640. The highest BCUT2D eigenvalue weighted by Crippen LogP contribution is 2.26. The Hall–Kier alpha value is -1.02. The Labute approximate surface area is 124 Å². The van der Waals surface area contributed by atoms with Crippen LogP contribution in [-0.2, 0) is 6.42 Å². The standard InChI is InChI=1S/C16H17Cl2N/c1-11(19)16(13-3-2-4-15(18)10-13)9-12-5-7-14(17)8-6-12/h2-8,10-11,16H,9,19H2,1H3. The number of rotatable bonds is 4. The van der Waals surface area contributed by atoms with Gasteiger partial charge in [-0.1, -0.05) is 47.5 Å². The monoisotopic (exact) mass is 293 g/mol. The zero-order valence-electron chi connectivity index (χ0n) is 10.8. The van der Waals surface area contributed by atoms with Crippen molar-refractivity contribution in [1.29, 1.82) is 0 Å². The number of benzene rings is 2. The third kappa shape index (κ3) is 3.97. The van der Waals surface area contributed by atoms with Crippen LogP contribution in [0.1, 0.15) is 24.0 Å². The number of hydrogen-bond acceptors (Lipinski definition) is 1. The summed E-state index contributed by atoms with van der Waals surface area (Å²) in [5.74, 6) is 0.250. The maximum absolute atomic E-state index is 6.13. The molecular weight excluding hydrogens is 277 g/mol. The lowest BCUT2D eigenvalue weighted by Crippen LogP contribution is -2.26. The average Bonchev–Trinajstić information content (AvgIpc) is 2.37. The molecule has 0 aliphatic carbocycles. The SMILES string of the molecule is CC(N)C(Cc1ccc(Cl)cc1)c1cccc(Cl)c1. The number of halogens is 2. The summed E-state index contributed by atoms with van der Waals surface area (Å²) >= 11 is 12.0. The molecule has 0 heterocycles. The van der Waals surface area contributed by atoms with E-state index in [4.69, 9.17) is 28.9 Å². The van der Waals surface area contributed by atoms with Crippen LogP contribution in [0.3, 0.4) is 0 Å². The summed E-state index contributed by atoms with van der Waals surface area (Å²) in [5.41, 5.74) is 8.53. The smallest absolute Gasteiger partial charge is 0.0408 e. The molecule has 0 saturated carbocycles. The highest BCUT2D eigenvalue weighted by atomic mass is 35.5. The van der Waals surface area contributed by atoms with E-state index in [1.165, 1.54) is 11.1 Å². The lowest BCUT2D eigenvalue weighted by atomic mass is 9.87. The molecule has 0 aliphatic rings. The van der Waals surface area contributed by atoms with Crippen molar-refractivity contribution in [2.45, 2.75) is 25.3 Å². The van der Waals surface area contributed by atoms with Gasteiger partial charge in [-0.25, -0.2) is 0 Å². The molecule has 0 radical (unpaired) electrons. The van der Waals surface area contributed by atoms with Crippen LogP contribution in [0.15, 0.2) is 48.5 Å². The fourth-order valence-corrected chi connectivity index (χ4v) is 2.54. The molecule has 0 aliphatic heterocycles. The highest BCUT2D eigenvalue weighted by molar-refractivity contribution is 6.30. The van der Waals surface area contributed by atoms with Gasteiger partial charge in [-0.2, -0.15) is 0 Å². The van der Waals surface area contributed by atoms with Crippen molar-refractivity contribution in [3.05, 3.63) is 69.7 Å². The molecule has 2 N–H and O–H groups in total. The summed E-state index contributed by atoms with van der Waals surface area (Å²) in [5, 5.41) is 1.50. The summed E-state index contributed by atoms with van der Waals surface area (Å²) in [4.78, 5) is 0. The summed E-state index contributed by atoms with van der Waals surface area (Å²) in [7, 11) is 0. The van der Waals surface area contributed by atoms with Gasteiger partial charge in [0.25, 0.3) is 0 Å². The maximum atomic E-state index is 6.13. The van der Waals surface area contributed by atoms with Gasteiger partial charge in [0.1, 0.15) is 0 Å². The zero-order valence-corrected chi connectivity index (χ0v) is 12.3. The predicted octanol–water partition coefficient (Wildman–Crippen LogP) is 4.67. The van der Waals surface area contributed by atoms with Gasteiger partial charge >= 0.3 is 0 Å². The summed E-state index contributed by atoms with van der Waals surface area (Å²) in [6.45, 7) is 2.03. The van der Waals surface area contributed by atoms with Crippen molar-refractivity contribution in [2.24, 2.45) is 5.73 Å². The van der Waals surface area contributed by atoms with Crippen molar-refractivity contribution in [3.8, 4) is 0 Å². The van der Waals surface area contributed by atoms with Gasteiger partial charge in [-0.15, -0.1) is 0 Å². The van der Waals surface area contributed by atoms with E-state index in [9.17, 15) is 0 Å². The molecule has 2 aromatic carbocycles. The van der Waals surface area contributed by atoms with Gasteiger partial charge in [-0.3, -0.25) is 0 Å². The first-order valence-electron chi connectivity index (χ1n) is 6.32. The van der Waals surface area contributed by atoms with Crippen molar-refractivity contribution < 1.29 is 0 Å². The van der Waals surface area contributed by atoms with E-state index in [0.717, 1.165) is 16.5 Å². The van der Waals surface area contributed by atoms with E-state index in [-0.39, 0.29) is 12.0 Å². The molecule has 0 aromatic heterocycles. The van der Waals surface area contributed by atoms with Crippen molar-refractivity contribution in [3.63, 3.8) is 0 Å². The van der Waals surface area contributed by atoms with Crippen molar-refractivity contribution in [2.75, 3.05) is 0 Å². The first-order chi connectivity index (χ1) is 9.06. The van der Waals surface area contributed by atoms with E-state index < -0.39 is 0 Å². The molecule has 2 aromatic rings. The Morgan fingerprint density at radius 2 is 1.68 bits per heavy atom. The Morgan fingerprint density at radius 3 is 2.26 bits per heavy atom. The second kappa shape index (κ2) is 6.42. The molecule has 0 amide bonds. The molecular formula is C16H17Cl2N. The van der Waals surface area contributed by atoms with Gasteiger partial charge in [0.05, 0.1) is 0 Å². The fourth-order valence-electron chi connectivity index (χ4n) is 2.22. The molecule has 2 rings (SSSR count). The van der Waals surface area contributed by atoms with Crippen LogP contribution in [0.4, 0.5) is 0 Å². The summed E-state index contributed by atoms with van der Waals surface area (Å²) in [6, 6.07) is 15.9. The zero-order chi connectivity index (χ0) is 13.8. The van der Waals surface area contributed by atoms with Crippen LogP contribution in [0.25, 0.3) is 0 Å². The average molecular weight is 294 g/mol. The lowest BCUT2D eigenvalue weighted by molar-refractivity contribution is 0.565. The normalized spacial score (nSPS) is 14.1. The first kappa shape index (κ1) is 14.4. The Bertz CT molecular complexity index is 535. The molecule has 19 heavy (non-hydrogen) atoms. The van der Waals surface area contributed by atoms with Crippen LogP contribution in [0.5, 0.6) is 0 Å². The first-order valence-corrected chi connectivity index (χ1v) is 7.07. The minimum Gasteiger partial charge on any atom is -0.327 e. The molecule has 2 unspecified atom stereocenters. The highest BCUT2D eigenvalue weighted by Gasteiger charge is 2.17. The number of nitrogens with two attached hydrogens (primary N) is 1. The molecule has 0 saturated heterocycles. The van der Waals surface area contributed by atoms with Gasteiger partial charge < -0.3 is 5.73 Å². The van der Waals surface area contributed by atoms with Gasteiger partial charge in [0.15, 0.2) is 0 Å². The molecule has 1 nitrogen and oxygen atoms in total. The topological polar surface area (TPSA) is 26.0 Å².